The van der Waals surface area contributed by atoms with Crippen LogP contribution in [0.15, 0.2) is 90.6 Å². The summed E-state index contributed by atoms with van der Waals surface area (Å²) in [6.07, 6.45) is 2.24. The van der Waals surface area contributed by atoms with Gasteiger partial charge in [-0.3, -0.25) is 4.79 Å². The predicted octanol–water partition coefficient (Wildman–Crippen LogP) is 7.06. The van der Waals surface area contributed by atoms with Crippen molar-refractivity contribution < 1.29 is 19.1 Å². The first-order valence-corrected chi connectivity index (χ1v) is 15.0. The molecule has 0 atom stereocenters. The molecule has 0 fully saturated rings. The maximum Gasteiger partial charge on any atom is 0.410 e. The lowest BCUT2D eigenvalue weighted by Gasteiger charge is -2.32. The molecule has 0 saturated heterocycles. The molecule has 3 aromatic carbocycles. The summed E-state index contributed by atoms with van der Waals surface area (Å²) in [6, 6.07) is 26.7. The Balaban J connectivity index is 1.44. The molecule has 0 saturated carbocycles. The highest BCUT2D eigenvalue weighted by atomic mass is 16.6. The lowest BCUT2D eigenvalue weighted by atomic mass is 9.91. The number of carbonyl (C=O) groups is 2. The highest BCUT2D eigenvalue weighted by molar-refractivity contribution is 6.03. The van der Waals surface area contributed by atoms with Crippen LogP contribution in [0.5, 0.6) is 0 Å². The zero-order chi connectivity index (χ0) is 30.4. The summed E-state index contributed by atoms with van der Waals surface area (Å²) in [5.41, 5.74) is 6.25. The summed E-state index contributed by atoms with van der Waals surface area (Å²) in [5.74, 6) is -0.181. The number of para-hydroxylation sites is 1. The Morgan fingerprint density at radius 1 is 0.907 bits per heavy atom. The molecule has 7 heteroatoms. The molecule has 2 amide bonds. The molecular weight excluding hydrogens is 538 g/mol. The molecule has 1 aliphatic rings. The summed E-state index contributed by atoms with van der Waals surface area (Å²) in [6.45, 7) is 10.6. The Bertz CT molecular complexity index is 1610. The Labute approximate surface area is 254 Å². The average Bonchev–Trinajstić information content (AvgIpc) is 3.37. The summed E-state index contributed by atoms with van der Waals surface area (Å²) in [7, 11) is 0. The number of nitrogens with zero attached hydrogens (tertiary/aromatic N) is 2. The lowest BCUT2D eigenvalue weighted by molar-refractivity contribution is -0.117. The fourth-order valence-electron chi connectivity index (χ4n) is 5.53. The summed E-state index contributed by atoms with van der Waals surface area (Å²) in [5, 5.41) is 4.28. The SMILES string of the molecule is CCOCCn1cc(CNC(=O)C2=C(c3cccc(-c4ccccc4)c3)CCN(C(=O)OC(C)(C)C)C2)c2ccccc21. The maximum absolute atomic E-state index is 13.9. The number of benzene rings is 3. The second-order valence-corrected chi connectivity index (χ2v) is 11.8. The second kappa shape index (κ2) is 13.3. The lowest BCUT2D eigenvalue weighted by Crippen LogP contribution is -2.43. The third-order valence-electron chi connectivity index (χ3n) is 7.58. The van der Waals surface area contributed by atoms with Gasteiger partial charge in [-0.25, -0.2) is 4.79 Å². The first kappa shape index (κ1) is 30.1. The van der Waals surface area contributed by atoms with Gasteiger partial charge in [0.15, 0.2) is 0 Å². The van der Waals surface area contributed by atoms with E-state index in [0.29, 0.717) is 38.3 Å². The van der Waals surface area contributed by atoms with Crippen LogP contribution in [-0.2, 0) is 27.4 Å². The van der Waals surface area contributed by atoms with Crippen LogP contribution >= 0.6 is 0 Å². The van der Waals surface area contributed by atoms with E-state index in [2.05, 4.69) is 52.5 Å². The summed E-state index contributed by atoms with van der Waals surface area (Å²) in [4.78, 5) is 28.6. The van der Waals surface area contributed by atoms with Crippen molar-refractivity contribution in [2.45, 2.75) is 52.8 Å². The molecule has 7 nitrogen and oxygen atoms in total. The van der Waals surface area contributed by atoms with Crippen LogP contribution in [0.3, 0.4) is 0 Å². The standard InChI is InChI=1S/C36H41N3O4/c1-5-42-21-20-38-24-29(31-16-9-10-17-33(31)38)23-37-34(40)32-25-39(35(41)43-36(2,3)4)19-18-30(32)28-15-11-14-27(22-28)26-12-7-6-8-13-26/h6-17,22,24H,5,18-21,23,25H2,1-4H3,(H,37,40). The van der Waals surface area contributed by atoms with Crippen LogP contribution in [0.1, 0.15) is 45.2 Å². The van der Waals surface area contributed by atoms with Gasteiger partial charge in [0.25, 0.3) is 0 Å². The molecule has 2 heterocycles. The largest absolute Gasteiger partial charge is 0.444 e. The van der Waals surface area contributed by atoms with Crippen LogP contribution < -0.4 is 5.32 Å². The Morgan fingerprint density at radius 3 is 2.40 bits per heavy atom. The number of hydrogen-bond acceptors (Lipinski definition) is 4. The van der Waals surface area contributed by atoms with Crippen LogP contribution in [-0.4, -0.2) is 53.4 Å². The van der Waals surface area contributed by atoms with Crippen molar-refractivity contribution in [3.8, 4) is 11.1 Å². The minimum absolute atomic E-state index is 0.181. The first-order chi connectivity index (χ1) is 20.7. The van der Waals surface area contributed by atoms with Crippen molar-refractivity contribution in [1.29, 1.82) is 0 Å². The smallest absolute Gasteiger partial charge is 0.410 e. The molecule has 224 valence electrons. The van der Waals surface area contributed by atoms with Crippen molar-refractivity contribution >= 4 is 28.5 Å². The molecule has 1 aromatic heterocycles. The van der Waals surface area contributed by atoms with Gasteiger partial charge in [0, 0.05) is 48.9 Å². The van der Waals surface area contributed by atoms with E-state index in [9.17, 15) is 9.59 Å². The van der Waals surface area contributed by atoms with Crippen LogP contribution in [0.2, 0.25) is 0 Å². The number of fused-ring (bicyclic) bond motifs is 1. The molecule has 0 bridgehead atoms. The summed E-state index contributed by atoms with van der Waals surface area (Å²) >= 11 is 0. The van der Waals surface area contributed by atoms with E-state index in [1.54, 1.807) is 4.90 Å². The third kappa shape index (κ3) is 7.35. The fourth-order valence-corrected chi connectivity index (χ4v) is 5.53. The normalized spacial score (nSPS) is 13.8. The number of ether oxygens (including phenoxy) is 2. The van der Waals surface area contributed by atoms with Gasteiger partial charge in [-0.1, -0.05) is 66.7 Å². The van der Waals surface area contributed by atoms with Gasteiger partial charge < -0.3 is 24.3 Å². The van der Waals surface area contributed by atoms with Gasteiger partial charge in [-0.05, 0) is 74.1 Å². The topological polar surface area (TPSA) is 72.8 Å². The fraction of sp³-hybridized carbons (Fsp3) is 0.333. The Hall–Kier alpha value is -4.36. The van der Waals surface area contributed by atoms with E-state index in [0.717, 1.165) is 45.3 Å². The van der Waals surface area contributed by atoms with Crippen LogP contribution in [0.25, 0.3) is 27.6 Å². The Kier molecular flexibility index (Phi) is 9.31. The molecule has 0 spiro atoms. The van der Waals surface area contributed by atoms with E-state index in [-0.39, 0.29) is 12.5 Å². The van der Waals surface area contributed by atoms with Crippen molar-refractivity contribution in [2.75, 3.05) is 26.3 Å². The number of aromatic nitrogens is 1. The predicted molar refractivity (Wildman–Crippen MR) is 171 cm³/mol. The highest BCUT2D eigenvalue weighted by Gasteiger charge is 2.30. The van der Waals surface area contributed by atoms with Gasteiger partial charge in [0.1, 0.15) is 5.60 Å². The van der Waals surface area contributed by atoms with Crippen LogP contribution in [0, 0.1) is 0 Å². The molecule has 1 N–H and O–H groups in total. The quantitative estimate of drug-likeness (QED) is 0.216. The molecule has 0 radical (unpaired) electrons. The highest BCUT2D eigenvalue weighted by Crippen LogP contribution is 2.32. The molecule has 4 aromatic rings. The minimum Gasteiger partial charge on any atom is -0.444 e. The monoisotopic (exact) mass is 579 g/mol. The summed E-state index contributed by atoms with van der Waals surface area (Å²) < 4.78 is 13.4. The van der Waals surface area contributed by atoms with Gasteiger partial charge in [-0.15, -0.1) is 0 Å². The minimum atomic E-state index is -0.621. The molecule has 0 unspecified atom stereocenters. The van der Waals surface area contributed by atoms with E-state index in [4.69, 9.17) is 9.47 Å². The van der Waals surface area contributed by atoms with Crippen molar-refractivity contribution in [3.05, 3.63) is 102 Å². The number of hydrogen-bond donors (Lipinski definition) is 1. The third-order valence-corrected chi connectivity index (χ3v) is 7.58. The van der Waals surface area contributed by atoms with Gasteiger partial charge >= 0.3 is 6.09 Å². The van der Waals surface area contributed by atoms with Crippen LogP contribution in [0.4, 0.5) is 4.79 Å². The number of amides is 2. The first-order valence-electron chi connectivity index (χ1n) is 15.0. The van der Waals surface area contributed by atoms with E-state index >= 15 is 0 Å². The van der Waals surface area contributed by atoms with E-state index < -0.39 is 11.7 Å². The second-order valence-electron chi connectivity index (χ2n) is 11.8. The van der Waals surface area contributed by atoms with Crippen molar-refractivity contribution in [3.63, 3.8) is 0 Å². The van der Waals surface area contributed by atoms with Gasteiger partial charge in [0.2, 0.25) is 5.91 Å². The van der Waals surface area contributed by atoms with E-state index in [1.165, 1.54) is 0 Å². The number of nitrogens with one attached hydrogen (secondary N) is 1. The molecule has 5 rings (SSSR count). The van der Waals surface area contributed by atoms with Gasteiger partial charge in [-0.2, -0.15) is 0 Å². The van der Waals surface area contributed by atoms with Crippen molar-refractivity contribution in [1.82, 2.24) is 14.8 Å². The number of rotatable bonds is 9. The molecular formula is C36H41N3O4. The average molecular weight is 580 g/mol. The zero-order valence-electron chi connectivity index (χ0n) is 25.6. The molecule has 43 heavy (non-hydrogen) atoms. The maximum atomic E-state index is 13.9. The molecule has 1 aliphatic heterocycles. The number of carbonyl (C=O) groups excluding carboxylic acids is 2. The molecule has 0 aliphatic carbocycles. The van der Waals surface area contributed by atoms with Crippen molar-refractivity contribution in [2.24, 2.45) is 0 Å². The Morgan fingerprint density at radius 2 is 1.63 bits per heavy atom. The zero-order valence-corrected chi connectivity index (χ0v) is 25.6. The van der Waals surface area contributed by atoms with E-state index in [1.807, 2.05) is 70.2 Å². The van der Waals surface area contributed by atoms with Gasteiger partial charge in [0.05, 0.1) is 13.2 Å².